The van der Waals surface area contributed by atoms with Gasteiger partial charge in [0.25, 0.3) is 0 Å². The lowest BCUT2D eigenvalue weighted by atomic mass is 10.1. The summed E-state index contributed by atoms with van der Waals surface area (Å²) in [7, 11) is 0. The Morgan fingerprint density at radius 1 is 1.00 bits per heavy atom. The van der Waals surface area contributed by atoms with Gasteiger partial charge < -0.3 is 5.32 Å². The summed E-state index contributed by atoms with van der Waals surface area (Å²) in [6, 6.07) is 15.1. The van der Waals surface area contributed by atoms with E-state index in [1.54, 1.807) is 0 Å². The Balaban J connectivity index is 2.01. The lowest BCUT2D eigenvalue weighted by Gasteiger charge is -2.11. The number of carbonyl (C=O) groups is 2. The van der Waals surface area contributed by atoms with E-state index >= 15 is 0 Å². The highest BCUT2D eigenvalue weighted by Crippen LogP contribution is 2.27. The number of aryl methyl sites for hydroxylation is 1. The topological polar surface area (TPSA) is 46.2 Å². The normalized spacial score (nSPS) is 11.8. The first kappa shape index (κ1) is 16.3. The minimum absolute atomic E-state index is 0.0941. The number of anilines is 1. The van der Waals surface area contributed by atoms with Crippen LogP contribution in [0.25, 0.3) is 0 Å². The molecule has 2 aromatic rings. The van der Waals surface area contributed by atoms with E-state index in [0.717, 1.165) is 21.7 Å². The maximum Gasteiger partial charge on any atom is 0.221 e. The van der Waals surface area contributed by atoms with Crippen LogP contribution in [0.4, 0.5) is 5.69 Å². The first-order chi connectivity index (χ1) is 10.5. The molecule has 0 aliphatic heterocycles. The van der Waals surface area contributed by atoms with Gasteiger partial charge in [0, 0.05) is 23.1 Å². The number of rotatable bonds is 5. The highest BCUT2D eigenvalue weighted by molar-refractivity contribution is 8.00. The van der Waals surface area contributed by atoms with Crippen LogP contribution < -0.4 is 5.32 Å². The van der Waals surface area contributed by atoms with E-state index < -0.39 is 0 Å². The Morgan fingerprint density at radius 2 is 1.59 bits per heavy atom. The molecule has 1 atom stereocenters. The van der Waals surface area contributed by atoms with E-state index in [-0.39, 0.29) is 16.9 Å². The largest absolute Gasteiger partial charge is 0.326 e. The fraction of sp³-hybridized carbons (Fsp3) is 0.222. The van der Waals surface area contributed by atoms with Crippen molar-refractivity contribution < 1.29 is 9.59 Å². The Labute approximate surface area is 135 Å². The number of benzene rings is 2. The summed E-state index contributed by atoms with van der Waals surface area (Å²) in [6.45, 7) is 5.39. The van der Waals surface area contributed by atoms with Crippen molar-refractivity contribution in [1.29, 1.82) is 0 Å². The lowest BCUT2D eigenvalue weighted by molar-refractivity contribution is -0.114. The van der Waals surface area contributed by atoms with Crippen LogP contribution in [0, 0.1) is 6.92 Å². The van der Waals surface area contributed by atoms with E-state index in [0.29, 0.717) is 0 Å². The Bertz CT molecular complexity index is 662. The molecule has 0 heterocycles. The first-order valence-electron chi connectivity index (χ1n) is 7.11. The summed E-state index contributed by atoms with van der Waals surface area (Å²) < 4.78 is 0. The third-order valence-electron chi connectivity index (χ3n) is 3.19. The summed E-state index contributed by atoms with van der Waals surface area (Å²) in [4.78, 5) is 24.4. The number of hydrogen-bond donors (Lipinski definition) is 1. The van der Waals surface area contributed by atoms with Gasteiger partial charge in [0.15, 0.2) is 5.78 Å². The van der Waals surface area contributed by atoms with Crippen molar-refractivity contribution in [2.24, 2.45) is 0 Å². The van der Waals surface area contributed by atoms with E-state index in [9.17, 15) is 9.59 Å². The molecule has 114 valence electrons. The van der Waals surface area contributed by atoms with E-state index in [4.69, 9.17) is 0 Å². The molecule has 4 heteroatoms. The van der Waals surface area contributed by atoms with Crippen LogP contribution >= 0.6 is 11.8 Å². The van der Waals surface area contributed by atoms with Crippen LogP contribution in [0.5, 0.6) is 0 Å². The Kier molecular flexibility index (Phi) is 5.39. The van der Waals surface area contributed by atoms with Crippen LogP contribution in [0.15, 0.2) is 53.4 Å². The first-order valence-corrected chi connectivity index (χ1v) is 7.99. The molecular formula is C18H19NO2S. The number of thioether (sulfide) groups is 1. The monoisotopic (exact) mass is 313 g/mol. The van der Waals surface area contributed by atoms with Crippen LogP contribution in [0.1, 0.15) is 29.8 Å². The molecule has 0 aliphatic rings. The third kappa shape index (κ3) is 4.46. The fourth-order valence-corrected chi connectivity index (χ4v) is 2.97. The molecule has 22 heavy (non-hydrogen) atoms. The Hall–Kier alpha value is -2.07. The molecule has 0 fully saturated rings. The van der Waals surface area contributed by atoms with E-state index in [1.165, 1.54) is 18.7 Å². The number of hydrogen-bond acceptors (Lipinski definition) is 3. The van der Waals surface area contributed by atoms with Crippen LogP contribution in [-0.4, -0.2) is 16.9 Å². The molecule has 1 unspecified atom stereocenters. The number of nitrogens with one attached hydrogen (secondary N) is 1. The molecule has 0 aliphatic carbocycles. The molecule has 1 amide bonds. The van der Waals surface area contributed by atoms with Gasteiger partial charge in [0.2, 0.25) is 5.91 Å². The predicted octanol–water partition coefficient (Wildman–Crippen LogP) is 4.32. The molecular weight excluding hydrogens is 294 g/mol. The number of Topliss-reactive ketones (excluding diaryl/α,β-unsaturated/α-hetero) is 1. The lowest BCUT2D eigenvalue weighted by Crippen LogP contribution is -2.13. The van der Waals surface area contributed by atoms with Crippen molar-refractivity contribution in [3.8, 4) is 0 Å². The second kappa shape index (κ2) is 7.27. The van der Waals surface area contributed by atoms with Gasteiger partial charge in [-0.3, -0.25) is 9.59 Å². The van der Waals surface area contributed by atoms with Crippen molar-refractivity contribution in [3.05, 3.63) is 59.7 Å². The SMILES string of the molecule is CC(=O)Nc1ccc(SC(C)C(=O)c2ccc(C)cc2)cc1. The third-order valence-corrected chi connectivity index (χ3v) is 4.30. The van der Waals surface area contributed by atoms with Crippen molar-refractivity contribution in [1.82, 2.24) is 0 Å². The van der Waals surface area contributed by atoms with Gasteiger partial charge in [-0.1, -0.05) is 29.8 Å². The molecule has 0 spiro atoms. The minimum Gasteiger partial charge on any atom is -0.326 e. The summed E-state index contributed by atoms with van der Waals surface area (Å²) >= 11 is 1.52. The maximum absolute atomic E-state index is 12.4. The predicted molar refractivity (Wildman–Crippen MR) is 91.6 cm³/mol. The van der Waals surface area contributed by atoms with Crippen LogP contribution in [0.3, 0.4) is 0 Å². The molecule has 2 rings (SSSR count). The summed E-state index contributed by atoms with van der Waals surface area (Å²) in [6.07, 6.45) is 0. The zero-order valence-corrected chi connectivity index (χ0v) is 13.7. The van der Waals surface area contributed by atoms with Gasteiger partial charge in [-0.05, 0) is 38.1 Å². The maximum atomic E-state index is 12.4. The van der Waals surface area contributed by atoms with Crippen molar-refractivity contribution >= 4 is 29.1 Å². The van der Waals surface area contributed by atoms with Gasteiger partial charge in [-0.25, -0.2) is 0 Å². The quantitative estimate of drug-likeness (QED) is 0.660. The number of carbonyl (C=O) groups excluding carboxylic acids is 2. The highest BCUT2D eigenvalue weighted by atomic mass is 32.2. The minimum atomic E-state index is -0.158. The second-order valence-corrected chi connectivity index (χ2v) is 6.61. The summed E-state index contributed by atoms with van der Waals surface area (Å²) in [5.41, 5.74) is 2.64. The average molecular weight is 313 g/mol. The van der Waals surface area contributed by atoms with Crippen molar-refractivity contribution in [2.75, 3.05) is 5.32 Å². The van der Waals surface area contributed by atoms with Crippen molar-refractivity contribution in [3.63, 3.8) is 0 Å². The molecule has 0 saturated heterocycles. The summed E-state index contributed by atoms with van der Waals surface area (Å²) in [5, 5.41) is 2.57. The zero-order chi connectivity index (χ0) is 16.1. The van der Waals surface area contributed by atoms with Gasteiger partial charge in [-0.2, -0.15) is 0 Å². The molecule has 0 aromatic heterocycles. The van der Waals surface area contributed by atoms with Gasteiger partial charge >= 0.3 is 0 Å². The van der Waals surface area contributed by atoms with Gasteiger partial charge in [0.1, 0.15) is 0 Å². The molecule has 0 bridgehead atoms. The van der Waals surface area contributed by atoms with E-state index in [2.05, 4.69) is 5.32 Å². The number of amides is 1. The highest BCUT2D eigenvalue weighted by Gasteiger charge is 2.16. The van der Waals surface area contributed by atoms with Crippen molar-refractivity contribution in [2.45, 2.75) is 30.9 Å². The standard InChI is InChI=1S/C18H19NO2S/c1-12-4-6-15(7-5-12)18(21)13(2)22-17-10-8-16(9-11-17)19-14(3)20/h4-11,13H,1-3H3,(H,19,20). The van der Waals surface area contributed by atoms with Gasteiger partial charge in [-0.15, -0.1) is 11.8 Å². The van der Waals surface area contributed by atoms with Gasteiger partial charge in [0.05, 0.1) is 5.25 Å². The molecule has 1 N–H and O–H groups in total. The molecule has 3 nitrogen and oxygen atoms in total. The summed E-state index contributed by atoms with van der Waals surface area (Å²) in [5.74, 6) is 0.0271. The average Bonchev–Trinajstić information content (AvgIpc) is 2.49. The van der Waals surface area contributed by atoms with Crippen LogP contribution in [-0.2, 0) is 4.79 Å². The number of ketones is 1. The Morgan fingerprint density at radius 3 is 2.14 bits per heavy atom. The smallest absolute Gasteiger partial charge is 0.221 e. The molecule has 2 aromatic carbocycles. The fourth-order valence-electron chi connectivity index (χ4n) is 2.03. The molecule has 0 radical (unpaired) electrons. The van der Waals surface area contributed by atoms with E-state index in [1.807, 2.05) is 62.4 Å². The second-order valence-electron chi connectivity index (χ2n) is 5.20. The van der Waals surface area contributed by atoms with Crippen LogP contribution in [0.2, 0.25) is 0 Å². The zero-order valence-electron chi connectivity index (χ0n) is 12.9. The molecule has 0 saturated carbocycles.